The molecule has 0 spiro atoms. The molecule has 2 heteroatoms. The van der Waals surface area contributed by atoms with Gasteiger partial charge in [-0.3, -0.25) is 0 Å². The smallest absolute Gasteiger partial charge is 0.0363 e. The number of benzene rings is 1. The van der Waals surface area contributed by atoms with Crippen molar-refractivity contribution in [3.63, 3.8) is 0 Å². The zero-order chi connectivity index (χ0) is 10.1. The Bertz CT molecular complexity index is 322. The summed E-state index contributed by atoms with van der Waals surface area (Å²) in [5.41, 5.74) is 7.69. The van der Waals surface area contributed by atoms with Gasteiger partial charge in [-0.05, 0) is 36.5 Å². The van der Waals surface area contributed by atoms with Crippen LogP contribution in [0.2, 0.25) is 0 Å². The van der Waals surface area contributed by atoms with E-state index in [0.717, 1.165) is 23.2 Å². The van der Waals surface area contributed by atoms with E-state index in [1.165, 1.54) is 6.42 Å². The molecule has 3 atom stereocenters. The van der Waals surface area contributed by atoms with Crippen molar-refractivity contribution < 1.29 is 0 Å². The number of hydrogen-bond donors (Lipinski definition) is 2. The molecule has 14 heavy (non-hydrogen) atoms. The summed E-state index contributed by atoms with van der Waals surface area (Å²) in [5.74, 6) is 1.63. The van der Waals surface area contributed by atoms with E-state index in [1.54, 1.807) is 0 Å². The Labute approximate surface area is 85.5 Å². The molecule has 2 nitrogen and oxygen atoms in total. The summed E-state index contributed by atoms with van der Waals surface area (Å²) in [6, 6.07) is 8.61. The maximum Gasteiger partial charge on any atom is 0.0363 e. The number of nitrogens with one attached hydrogen (secondary N) is 1. The van der Waals surface area contributed by atoms with Gasteiger partial charge in [-0.1, -0.05) is 19.9 Å². The van der Waals surface area contributed by atoms with Gasteiger partial charge < -0.3 is 11.1 Å². The second kappa shape index (κ2) is 3.52. The van der Waals surface area contributed by atoms with Crippen LogP contribution in [0.5, 0.6) is 0 Å². The molecule has 0 aromatic heterocycles. The minimum Gasteiger partial charge on any atom is -0.399 e. The largest absolute Gasteiger partial charge is 0.399 e. The molecule has 76 valence electrons. The van der Waals surface area contributed by atoms with E-state index in [9.17, 15) is 0 Å². The predicted molar refractivity (Wildman–Crippen MR) is 61.2 cm³/mol. The Morgan fingerprint density at radius 3 is 2.71 bits per heavy atom. The summed E-state index contributed by atoms with van der Waals surface area (Å²) in [5, 5.41) is 3.52. The minimum absolute atomic E-state index is 0.631. The van der Waals surface area contributed by atoms with E-state index in [-0.39, 0.29) is 0 Å². The average molecular weight is 190 g/mol. The van der Waals surface area contributed by atoms with Crippen LogP contribution < -0.4 is 11.1 Å². The zero-order valence-corrected chi connectivity index (χ0v) is 8.83. The van der Waals surface area contributed by atoms with Gasteiger partial charge in [0.05, 0.1) is 0 Å². The molecule has 1 fully saturated rings. The molecular weight excluding hydrogens is 172 g/mol. The van der Waals surface area contributed by atoms with Crippen LogP contribution in [0.1, 0.15) is 20.3 Å². The van der Waals surface area contributed by atoms with E-state index >= 15 is 0 Å². The number of hydrogen-bond acceptors (Lipinski definition) is 2. The number of rotatable bonds is 2. The first-order chi connectivity index (χ1) is 6.66. The van der Waals surface area contributed by atoms with Crippen molar-refractivity contribution >= 4 is 11.4 Å². The highest BCUT2D eigenvalue weighted by molar-refractivity contribution is 5.54. The standard InChI is InChI=1S/C12H18N2/c1-8-6-12(9(8)2)14-11-5-3-4-10(13)7-11/h3-5,7-9,12,14H,6,13H2,1-2H3. The van der Waals surface area contributed by atoms with E-state index in [2.05, 4.69) is 25.2 Å². The van der Waals surface area contributed by atoms with Crippen LogP contribution >= 0.6 is 0 Å². The minimum atomic E-state index is 0.631. The van der Waals surface area contributed by atoms with Gasteiger partial charge in [0.25, 0.3) is 0 Å². The quantitative estimate of drug-likeness (QED) is 0.704. The molecule has 1 aromatic carbocycles. The lowest BCUT2D eigenvalue weighted by molar-refractivity contribution is 0.189. The van der Waals surface area contributed by atoms with Crippen molar-refractivity contribution in [1.29, 1.82) is 0 Å². The molecule has 2 rings (SSSR count). The molecule has 1 aromatic rings. The van der Waals surface area contributed by atoms with E-state index in [1.807, 2.05) is 18.2 Å². The second-order valence-corrected chi connectivity index (χ2v) is 4.45. The summed E-state index contributed by atoms with van der Waals surface area (Å²) in [4.78, 5) is 0. The third-order valence-electron chi connectivity index (χ3n) is 3.40. The maximum atomic E-state index is 5.72. The fraction of sp³-hybridized carbons (Fsp3) is 0.500. The van der Waals surface area contributed by atoms with Gasteiger partial charge in [-0.15, -0.1) is 0 Å². The van der Waals surface area contributed by atoms with Crippen molar-refractivity contribution in [2.24, 2.45) is 11.8 Å². The molecule has 1 aliphatic carbocycles. The molecule has 0 saturated heterocycles. The topological polar surface area (TPSA) is 38.0 Å². The van der Waals surface area contributed by atoms with Crippen LogP contribution in [0, 0.1) is 11.8 Å². The van der Waals surface area contributed by atoms with Crippen molar-refractivity contribution in [2.45, 2.75) is 26.3 Å². The number of nitrogen functional groups attached to an aromatic ring is 1. The Balaban J connectivity index is 1.98. The lowest BCUT2D eigenvalue weighted by atomic mass is 9.71. The Morgan fingerprint density at radius 1 is 1.36 bits per heavy atom. The normalized spacial score (nSPS) is 30.9. The van der Waals surface area contributed by atoms with Crippen molar-refractivity contribution in [3.05, 3.63) is 24.3 Å². The summed E-state index contributed by atoms with van der Waals surface area (Å²) < 4.78 is 0. The van der Waals surface area contributed by atoms with Crippen molar-refractivity contribution in [1.82, 2.24) is 0 Å². The third-order valence-corrected chi connectivity index (χ3v) is 3.40. The monoisotopic (exact) mass is 190 g/mol. The molecule has 0 amide bonds. The van der Waals surface area contributed by atoms with Crippen LogP contribution in [0.15, 0.2) is 24.3 Å². The lowest BCUT2D eigenvalue weighted by Crippen LogP contribution is -2.43. The molecule has 1 aliphatic rings. The molecule has 0 aliphatic heterocycles. The van der Waals surface area contributed by atoms with Crippen LogP contribution in [-0.2, 0) is 0 Å². The van der Waals surface area contributed by atoms with Gasteiger partial charge in [-0.2, -0.15) is 0 Å². The highest BCUT2D eigenvalue weighted by Crippen LogP contribution is 2.35. The summed E-state index contributed by atoms with van der Waals surface area (Å²) in [6.45, 7) is 4.61. The van der Waals surface area contributed by atoms with Gasteiger partial charge in [0, 0.05) is 17.4 Å². The lowest BCUT2D eigenvalue weighted by Gasteiger charge is -2.41. The summed E-state index contributed by atoms with van der Waals surface area (Å²) in [6.07, 6.45) is 1.27. The van der Waals surface area contributed by atoms with E-state index < -0.39 is 0 Å². The van der Waals surface area contributed by atoms with Crippen LogP contribution in [-0.4, -0.2) is 6.04 Å². The second-order valence-electron chi connectivity index (χ2n) is 4.45. The predicted octanol–water partition coefficient (Wildman–Crippen LogP) is 2.73. The molecular formula is C12H18N2. The van der Waals surface area contributed by atoms with Gasteiger partial charge >= 0.3 is 0 Å². The molecule has 3 unspecified atom stereocenters. The van der Waals surface area contributed by atoms with Gasteiger partial charge in [0.1, 0.15) is 0 Å². The Morgan fingerprint density at radius 2 is 2.14 bits per heavy atom. The van der Waals surface area contributed by atoms with Gasteiger partial charge in [0.15, 0.2) is 0 Å². The number of anilines is 2. The van der Waals surface area contributed by atoms with Crippen LogP contribution in [0.25, 0.3) is 0 Å². The van der Waals surface area contributed by atoms with E-state index in [0.29, 0.717) is 6.04 Å². The van der Waals surface area contributed by atoms with Gasteiger partial charge in [-0.25, -0.2) is 0 Å². The molecule has 0 heterocycles. The van der Waals surface area contributed by atoms with Crippen LogP contribution in [0.3, 0.4) is 0 Å². The molecule has 3 N–H and O–H groups in total. The van der Waals surface area contributed by atoms with Crippen LogP contribution in [0.4, 0.5) is 11.4 Å². The highest BCUT2D eigenvalue weighted by Gasteiger charge is 2.33. The van der Waals surface area contributed by atoms with E-state index in [4.69, 9.17) is 5.73 Å². The first-order valence-corrected chi connectivity index (χ1v) is 5.29. The Kier molecular flexibility index (Phi) is 2.36. The third kappa shape index (κ3) is 1.69. The molecule has 0 radical (unpaired) electrons. The SMILES string of the molecule is CC1CC(Nc2cccc(N)c2)C1C. The summed E-state index contributed by atoms with van der Waals surface area (Å²) in [7, 11) is 0. The fourth-order valence-corrected chi connectivity index (χ4v) is 2.06. The fourth-order valence-electron chi connectivity index (χ4n) is 2.06. The zero-order valence-electron chi connectivity index (χ0n) is 8.83. The molecule has 1 saturated carbocycles. The Hall–Kier alpha value is -1.18. The van der Waals surface area contributed by atoms with Crippen molar-refractivity contribution in [3.8, 4) is 0 Å². The highest BCUT2D eigenvalue weighted by atomic mass is 14.9. The summed E-state index contributed by atoms with van der Waals surface area (Å²) >= 11 is 0. The van der Waals surface area contributed by atoms with Crippen molar-refractivity contribution in [2.75, 3.05) is 11.1 Å². The first-order valence-electron chi connectivity index (χ1n) is 5.29. The average Bonchev–Trinajstić information content (AvgIpc) is 2.17. The maximum absolute atomic E-state index is 5.72. The number of nitrogens with two attached hydrogens (primary N) is 1. The van der Waals surface area contributed by atoms with Gasteiger partial charge in [0.2, 0.25) is 0 Å². The molecule has 0 bridgehead atoms. The first kappa shape index (κ1) is 9.38.